The van der Waals surface area contributed by atoms with Crippen LogP contribution in [0.5, 0.6) is 5.88 Å². The molecule has 0 amide bonds. The predicted octanol–water partition coefficient (Wildman–Crippen LogP) is 2.28. The van der Waals surface area contributed by atoms with Gasteiger partial charge in [0.15, 0.2) is 0 Å². The van der Waals surface area contributed by atoms with Gasteiger partial charge in [-0.05, 0) is 26.3 Å². The largest absolute Gasteiger partial charge is 0.470 e. The number of fused-ring (bicyclic) bond motifs is 1. The molecule has 1 N–H and O–H groups in total. The van der Waals surface area contributed by atoms with Gasteiger partial charge in [0.25, 0.3) is 5.71 Å². The van der Waals surface area contributed by atoms with Crippen molar-refractivity contribution in [3.05, 3.63) is 35.9 Å². The number of pyridine rings is 1. The molecule has 8 heteroatoms. The molecule has 0 aliphatic carbocycles. The third-order valence-corrected chi connectivity index (χ3v) is 4.15. The van der Waals surface area contributed by atoms with Crippen LogP contribution in [0.25, 0.3) is 11.1 Å². The predicted molar refractivity (Wildman–Crippen MR) is 90.6 cm³/mol. The first-order valence-electron chi connectivity index (χ1n) is 8.23. The standard InChI is InChI=1S/C17H19N5O3/c1-10-15-16(19-11(2)20-17(15)25-22-10)21-12-6-8-23-9-13(12)24-14-5-3-4-7-18-14/h3-5,7,12-13H,6,8-9H2,1-2H3,(H,19,20,21)/t12-,13-/m1/s1. The molecule has 130 valence electrons. The van der Waals surface area contributed by atoms with E-state index in [9.17, 15) is 0 Å². The van der Waals surface area contributed by atoms with E-state index in [1.807, 2.05) is 32.0 Å². The molecule has 4 heterocycles. The number of aryl methyl sites for hydroxylation is 2. The third kappa shape index (κ3) is 3.25. The molecular weight excluding hydrogens is 322 g/mol. The molecular formula is C17H19N5O3. The lowest BCUT2D eigenvalue weighted by Crippen LogP contribution is -2.46. The van der Waals surface area contributed by atoms with E-state index in [4.69, 9.17) is 14.0 Å². The highest BCUT2D eigenvalue weighted by Crippen LogP contribution is 2.26. The summed E-state index contributed by atoms with van der Waals surface area (Å²) in [5, 5.41) is 8.27. The Labute approximate surface area is 144 Å². The van der Waals surface area contributed by atoms with E-state index < -0.39 is 0 Å². The van der Waals surface area contributed by atoms with Crippen molar-refractivity contribution in [2.45, 2.75) is 32.4 Å². The van der Waals surface area contributed by atoms with Crippen LogP contribution in [-0.2, 0) is 4.74 Å². The minimum Gasteiger partial charge on any atom is -0.470 e. The number of nitrogens with zero attached hydrogens (tertiary/aromatic N) is 4. The summed E-state index contributed by atoms with van der Waals surface area (Å²) in [4.78, 5) is 13.1. The molecule has 8 nitrogen and oxygen atoms in total. The first-order valence-corrected chi connectivity index (χ1v) is 8.23. The third-order valence-electron chi connectivity index (χ3n) is 4.15. The highest BCUT2D eigenvalue weighted by atomic mass is 16.5. The summed E-state index contributed by atoms with van der Waals surface area (Å²) in [6, 6.07) is 5.62. The highest BCUT2D eigenvalue weighted by Gasteiger charge is 2.29. The van der Waals surface area contributed by atoms with Gasteiger partial charge >= 0.3 is 0 Å². The monoisotopic (exact) mass is 341 g/mol. The van der Waals surface area contributed by atoms with Crippen LogP contribution < -0.4 is 10.1 Å². The minimum absolute atomic E-state index is 0.0301. The van der Waals surface area contributed by atoms with Gasteiger partial charge in [-0.1, -0.05) is 11.2 Å². The summed E-state index contributed by atoms with van der Waals surface area (Å²) in [6.45, 7) is 4.86. The zero-order chi connectivity index (χ0) is 17.2. The lowest BCUT2D eigenvalue weighted by atomic mass is 10.1. The van der Waals surface area contributed by atoms with Crippen molar-refractivity contribution in [3.8, 4) is 5.88 Å². The van der Waals surface area contributed by atoms with Crippen molar-refractivity contribution < 1.29 is 14.0 Å². The summed E-state index contributed by atoms with van der Waals surface area (Å²) in [7, 11) is 0. The number of hydrogen-bond acceptors (Lipinski definition) is 8. The van der Waals surface area contributed by atoms with Crippen molar-refractivity contribution in [2.75, 3.05) is 18.5 Å². The molecule has 2 atom stereocenters. The lowest BCUT2D eigenvalue weighted by Gasteiger charge is -2.32. The Hall–Kier alpha value is -2.74. The van der Waals surface area contributed by atoms with Crippen molar-refractivity contribution in [1.29, 1.82) is 0 Å². The normalized spacial score (nSPS) is 20.6. The van der Waals surface area contributed by atoms with Crippen LogP contribution in [0.4, 0.5) is 5.82 Å². The van der Waals surface area contributed by atoms with Gasteiger partial charge in [-0.2, -0.15) is 4.98 Å². The summed E-state index contributed by atoms with van der Waals surface area (Å²) >= 11 is 0. The Kier molecular flexibility index (Phi) is 4.19. The van der Waals surface area contributed by atoms with Crippen LogP contribution in [0, 0.1) is 13.8 Å². The lowest BCUT2D eigenvalue weighted by molar-refractivity contribution is -0.00249. The Morgan fingerprint density at radius 2 is 2.16 bits per heavy atom. The Balaban J connectivity index is 1.61. The van der Waals surface area contributed by atoms with Crippen molar-refractivity contribution in [3.63, 3.8) is 0 Å². The quantitative estimate of drug-likeness (QED) is 0.772. The van der Waals surface area contributed by atoms with Crippen LogP contribution in [-0.4, -0.2) is 45.5 Å². The van der Waals surface area contributed by atoms with Gasteiger partial charge in [-0.3, -0.25) is 0 Å². The van der Waals surface area contributed by atoms with Gasteiger partial charge in [0, 0.05) is 18.9 Å². The van der Waals surface area contributed by atoms with Crippen LogP contribution in [0.15, 0.2) is 28.9 Å². The van der Waals surface area contributed by atoms with Crippen molar-refractivity contribution in [1.82, 2.24) is 20.1 Å². The van der Waals surface area contributed by atoms with Gasteiger partial charge in [0.1, 0.15) is 23.1 Å². The molecule has 0 unspecified atom stereocenters. The van der Waals surface area contributed by atoms with E-state index >= 15 is 0 Å². The second kappa shape index (κ2) is 6.64. The molecule has 0 saturated carbocycles. The molecule has 4 rings (SSSR count). The SMILES string of the molecule is Cc1nc(N[C@@H]2CCOC[C@H]2Oc2ccccn2)c2c(C)noc2n1. The van der Waals surface area contributed by atoms with Crippen LogP contribution in [0.1, 0.15) is 17.9 Å². The fourth-order valence-electron chi connectivity index (χ4n) is 2.94. The van der Waals surface area contributed by atoms with Gasteiger partial charge in [0.05, 0.1) is 18.3 Å². The van der Waals surface area contributed by atoms with Crippen molar-refractivity contribution >= 4 is 16.9 Å². The van der Waals surface area contributed by atoms with E-state index in [-0.39, 0.29) is 12.1 Å². The molecule has 3 aromatic rings. The summed E-state index contributed by atoms with van der Waals surface area (Å²) in [5.74, 6) is 1.91. The number of rotatable bonds is 4. The molecule has 1 fully saturated rings. The maximum atomic E-state index is 6.01. The van der Waals surface area contributed by atoms with E-state index in [1.165, 1.54) is 0 Å². The van der Waals surface area contributed by atoms with Crippen molar-refractivity contribution in [2.24, 2.45) is 0 Å². The van der Waals surface area contributed by atoms with E-state index in [2.05, 4.69) is 25.4 Å². The minimum atomic E-state index is -0.172. The van der Waals surface area contributed by atoms with Gasteiger partial charge < -0.3 is 19.3 Å². The molecule has 0 radical (unpaired) electrons. The number of anilines is 1. The number of aromatic nitrogens is 4. The summed E-state index contributed by atoms with van der Waals surface area (Å²) in [6.07, 6.45) is 2.33. The van der Waals surface area contributed by atoms with Gasteiger partial charge in [-0.25, -0.2) is 9.97 Å². The first kappa shape index (κ1) is 15.8. The maximum absolute atomic E-state index is 6.01. The molecule has 0 spiro atoms. The molecule has 25 heavy (non-hydrogen) atoms. The fraction of sp³-hybridized carbons (Fsp3) is 0.412. The topological polar surface area (TPSA) is 95.2 Å². The number of ether oxygens (including phenoxy) is 2. The second-order valence-corrected chi connectivity index (χ2v) is 6.01. The van der Waals surface area contributed by atoms with E-state index in [0.717, 1.165) is 17.5 Å². The van der Waals surface area contributed by atoms with Crippen LogP contribution in [0.3, 0.4) is 0 Å². The Bertz CT molecular complexity index is 867. The Morgan fingerprint density at radius 1 is 1.24 bits per heavy atom. The van der Waals surface area contributed by atoms with Gasteiger partial charge in [0.2, 0.25) is 5.88 Å². The van der Waals surface area contributed by atoms with E-state index in [1.54, 1.807) is 6.20 Å². The average molecular weight is 341 g/mol. The fourth-order valence-corrected chi connectivity index (χ4v) is 2.94. The summed E-state index contributed by atoms with van der Waals surface area (Å²) < 4.78 is 16.9. The number of hydrogen-bond donors (Lipinski definition) is 1. The van der Waals surface area contributed by atoms with Crippen LogP contribution >= 0.6 is 0 Å². The average Bonchev–Trinajstić information content (AvgIpc) is 2.98. The Morgan fingerprint density at radius 3 is 3.00 bits per heavy atom. The molecule has 0 bridgehead atoms. The van der Waals surface area contributed by atoms with E-state index in [0.29, 0.717) is 36.4 Å². The molecule has 1 saturated heterocycles. The molecule has 1 aliphatic rings. The van der Waals surface area contributed by atoms with Gasteiger partial charge in [-0.15, -0.1) is 0 Å². The van der Waals surface area contributed by atoms with Crippen LogP contribution in [0.2, 0.25) is 0 Å². The second-order valence-electron chi connectivity index (χ2n) is 6.01. The summed E-state index contributed by atoms with van der Waals surface area (Å²) in [5.41, 5.74) is 1.24. The molecule has 3 aromatic heterocycles. The first-order chi connectivity index (χ1) is 12.2. The number of nitrogens with one attached hydrogen (secondary N) is 1. The molecule has 0 aromatic carbocycles. The zero-order valence-corrected chi connectivity index (χ0v) is 14.1. The maximum Gasteiger partial charge on any atom is 0.263 e. The smallest absolute Gasteiger partial charge is 0.263 e. The molecule has 1 aliphatic heterocycles. The highest BCUT2D eigenvalue weighted by molar-refractivity contribution is 5.87. The zero-order valence-electron chi connectivity index (χ0n) is 14.1.